The summed E-state index contributed by atoms with van der Waals surface area (Å²) in [5.41, 5.74) is 0. The van der Waals surface area contributed by atoms with Crippen LogP contribution in [-0.4, -0.2) is 47.7 Å². The Morgan fingerprint density at radius 3 is 2.47 bits per heavy atom. The van der Waals surface area contributed by atoms with E-state index in [0.717, 1.165) is 0 Å². The summed E-state index contributed by atoms with van der Waals surface area (Å²) in [6, 6.07) is 0. The minimum absolute atomic E-state index is 0.107. The Bertz CT molecular complexity index is 352. The quantitative estimate of drug-likeness (QED) is 0.782. The highest BCUT2D eigenvalue weighted by atomic mass is 19.3. The number of likely N-dealkylation sites (tertiary alicyclic amines) is 1. The molecule has 1 rings (SSSR count). The summed E-state index contributed by atoms with van der Waals surface area (Å²) in [4.78, 5) is 23.2. The van der Waals surface area contributed by atoms with Crippen molar-refractivity contribution in [2.24, 2.45) is 5.92 Å². The first-order chi connectivity index (χ1) is 8.86. The molecule has 0 saturated carbocycles. The van der Waals surface area contributed by atoms with Crippen LogP contribution in [-0.2, 0) is 9.53 Å². The van der Waals surface area contributed by atoms with Crippen molar-refractivity contribution in [2.75, 3.05) is 19.7 Å². The summed E-state index contributed by atoms with van der Waals surface area (Å²) >= 11 is 0. The molecule has 7 heteroatoms. The lowest BCUT2D eigenvalue weighted by atomic mass is 9.91. The van der Waals surface area contributed by atoms with Crippen LogP contribution in [0.25, 0.3) is 0 Å². The van der Waals surface area contributed by atoms with Crippen LogP contribution < -0.4 is 0 Å². The summed E-state index contributed by atoms with van der Waals surface area (Å²) in [6.45, 7) is 4.12. The first kappa shape index (κ1) is 15.4. The summed E-state index contributed by atoms with van der Waals surface area (Å²) in [5, 5.41) is 8.37. The molecular formula is C12H17F2NO4. The van der Waals surface area contributed by atoms with E-state index >= 15 is 0 Å². The van der Waals surface area contributed by atoms with Gasteiger partial charge in [0.15, 0.2) is 0 Å². The summed E-state index contributed by atoms with van der Waals surface area (Å²) in [6.07, 6.45) is 0.969. The number of carbonyl (C=O) groups excluding carboxylic acids is 1. The van der Waals surface area contributed by atoms with Crippen molar-refractivity contribution in [1.29, 1.82) is 0 Å². The van der Waals surface area contributed by atoms with Crippen LogP contribution in [0.4, 0.5) is 13.6 Å². The SMILES string of the molecule is C=CCOC(=O)N1CCC(CC(F)(F)C(=O)O)CC1. The standard InChI is InChI=1S/C12H17F2NO4/c1-2-7-19-11(18)15-5-3-9(4-6-15)8-12(13,14)10(16)17/h2,9H,1,3-8H2,(H,16,17). The lowest BCUT2D eigenvalue weighted by Crippen LogP contribution is -2.41. The number of carbonyl (C=O) groups is 2. The predicted octanol–water partition coefficient (Wildman–Crippen LogP) is 2.13. The maximum absolute atomic E-state index is 13.0. The van der Waals surface area contributed by atoms with Gasteiger partial charge in [-0.05, 0) is 18.8 Å². The predicted molar refractivity (Wildman–Crippen MR) is 63.0 cm³/mol. The van der Waals surface area contributed by atoms with Crippen molar-refractivity contribution in [3.05, 3.63) is 12.7 Å². The number of piperidine rings is 1. The molecule has 0 atom stereocenters. The summed E-state index contributed by atoms with van der Waals surface area (Å²) < 4.78 is 30.9. The van der Waals surface area contributed by atoms with Crippen molar-refractivity contribution < 1.29 is 28.2 Å². The smallest absolute Gasteiger partial charge is 0.410 e. The van der Waals surface area contributed by atoms with Gasteiger partial charge >= 0.3 is 18.0 Å². The number of carboxylic acid groups (broad SMARTS) is 1. The normalized spacial score (nSPS) is 17.1. The van der Waals surface area contributed by atoms with Gasteiger partial charge in [-0.3, -0.25) is 0 Å². The Balaban J connectivity index is 2.39. The molecule has 0 spiro atoms. The van der Waals surface area contributed by atoms with Crippen LogP contribution in [0.15, 0.2) is 12.7 Å². The van der Waals surface area contributed by atoms with Crippen molar-refractivity contribution in [3.63, 3.8) is 0 Å². The molecule has 0 radical (unpaired) electrons. The van der Waals surface area contributed by atoms with E-state index in [1.807, 2.05) is 0 Å². The Morgan fingerprint density at radius 2 is 2.00 bits per heavy atom. The molecular weight excluding hydrogens is 260 g/mol. The van der Waals surface area contributed by atoms with Crippen molar-refractivity contribution in [1.82, 2.24) is 4.90 Å². The molecule has 1 heterocycles. The second-order valence-electron chi connectivity index (χ2n) is 4.51. The van der Waals surface area contributed by atoms with Gasteiger partial charge in [0, 0.05) is 19.5 Å². The van der Waals surface area contributed by atoms with E-state index in [-0.39, 0.29) is 6.61 Å². The average molecular weight is 277 g/mol. The van der Waals surface area contributed by atoms with Crippen molar-refractivity contribution in [3.8, 4) is 0 Å². The Labute approximate surface area is 109 Å². The number of alkyl halides is 2. The largest absolute Gasteiger partial charge is 0.477 e. The number of aliphatic carboxylic acids is 1. The number of ether oxygens (including phenoxy) is 1. The average Bonchev–Trinajstić information content (AvgIpc) is 2.36. The first-order valence-corrected chi connectivity index (χ1v) is 6.00. The van der Waals surface area contributed by atoms with Crippen LogP contribution in [0.5, 0.6) is 0 Å². The molecule has 5 nitrogen and oxygen atoms in total. The van der Waals surface area contributed by atoms with E-state index in [0.29, 0.717) is 25.9 Å². The van der Waals surface area contributed by atoms with Crippen LogP contribution in [0.1, 0.15) is 19.3 Å². The maximum atomic E-state index is 13.0. The highest BCUT2D eigenvalue weighted by molar-refractivity contribution is 5.75. The second kappa shape index (κ2) is 6.49. The third-order valence-corrected chi connectivity index (χ3v) is 3.06. The Kier molecular flexibility index (Phi) is 5.26. The van der Waals surface area contributed by atoms with Gasteiger partial charge in [0.2, 0.25) is 0 Å². The first-order valence-electron chi connectivity index (χ1n) is 6.00. The second-order valence-corrected chi connectivity index (χ2v) is 4.51. The number of carboxylic acids is 1. The molecule has 0 unspecified atom stereocenters. The molecule has 108 valence electrons. The van der Waals surface area contributed by atoms with Gasteiger partial charge in [0.25, 0.3) is 0 Å². The van der Waals surface area contributed by atoms with E-state index in [2.05, 4.69) is 6.58 Å². The molecule has 1 aliphatic rings. The van der Waals surface area contributed by atoms with E-state index in [9.17, 15) is 18.4 Å². The fraction of sp³-hybridized carbons (Fsp3) is 0.667. The van der Waals surface area contributed by atoms with E-state index in [4.69, 9.17) is 9.84 Å². The van der Waals surface area contributed by atoms with Gasteiger partial charge in [-0.1, -0.05) is 12.7 Å². The highest BCUT2D eigenvalue weighted by Gasteiger charge is 2.41. The fourth-order valence-corrected chi connectivity index (χ4v) is 1.99. The molecule has 1 N–H and O–H groups in total. The molecule has 0 aromatic carbocycles. The summed E-state index contributed by atoms with van der Waals surface area (Å²) in [5.74, 6) is -6.19. The number of hydrogen-bond donors (Lipinski definition) is 1. The van der Waals surface area contributed by atoms with Gasteiger partial charge in [-0.2, -0.15) is 8.78 Å². The lowest BCUT2D eigenvalue weighted by Gasteiger charge is -2.32. The van der Waals surface area contributed by atoms with Crippen molar-refractivity contribution >= 4 is 12.1 Å². The fourth-order valence-electron chi connectivity index (χ4n) is 1.99. The zero-order valence-corrected chi connectivity index (χ0v) is 10.5. The number of rotatable bonds is 5. The van der Waals surface area contributed by atoms with Gasteiger partial charge in [0.05, 0.1) is 0 Å². The number of halogens is 2. The minimum atomic E-state index is -3.70. The third-order valence-electron chi connectivity index (χ3n) is 3.06. The number of nitrogens with zero attached hydrogens (tertiary/aromatic N) is 1. The monoisotopic (exact) mass is 277 g/mol. The molecule has 19 heavy (non-hydrogen) atoms. The number of amides is 1. The van der Waals surface area contributed by atoms with Gasteiger partial charge in [-0.25, -0.2) is 9.59 Å². The Morgan fingerprint density at radius 1 is 1.42 bits per heavy atom. The molecule has 0 aliphatic carbocycles. The lowest BCUT2D eigenvalue weighted by molar-refractivity contribution is -0.167. The molecule has 0 aromatic rings. The van der Waals surface area contributed by atoms with Crippen LogP contribution in [0.2, 0.25) is 0 Å². The topological polar surface area (TPSA) is 66.8 Å². The Hall–Kier alpha value is -1.66. The van der Waals surface area contributed by atoms with Gasteiger partial charge < -0.3 is 14.7 Å². The van der Waals surface area contributed by atoms with E-state index in [1.165, 1.54) is 11.0 Å². The van der Waals surface area contributed by atoms with Crippen LogP contribution in [0, 0.1) is 5.92 Å². The zero-order chi connectivity index (χ0) is 14.5. The highest BCUT2D eigenvalue weighted by Crippen LogP contribution is 2.30. The minimum Gasteiger partial charge on any atom is -0.477 e. The van der Waals surface area contributed by atoms with Crippen LogP contribution >= 0.6 is 0 Å². The van der Waals surface area contributed by atoms with Gasteiger partial charge in [0.1, 0.15) is 6.61 Å². The van der Waals surface area contributed by atoms with E-state index in [1.54, 1.807) is 0 Å². The molecule has 0 aromatic heterocycles. The van der Waals surface area contributed by atoms with Crippen LogP contribution in [0.3, 0.4) is 0 Å². The van der Waals surface area contributed by atoms with Crippen molar-refractivity contribution in [2.45, 2.75) is 25.2 Å². The molecule has 1 saturated heterocycles. The molecule has 1 amide bonds. The maximum Gasteiger partial charge on any atom is 0.410 e. The van der Waals surface area contributed by atoms with Gasteiger partial charge in [-0.15, -0.1) is 0 Å². The van der Waals surface area contributed by atoms with E-state index < -0.39 is 30.3 Å². The molecule has 0 bridgehead atoms. The molecule has 1 aliphatic heterocycles. The number of hydrogen-bond acceptors (Lipinski definition) is 3. The summed E-state index contributed by atoms with van der Waals surface area (Å²) in [7, 11) is 0. The molecule has 1 fully saturated rings. The third kappa shape index (κ3) is 4.50. The zero-order valence-electron chi connectivity index (χ0n) is 10.5.